The molecule has 5 heterocycles. The minimum Gasteiger partial charge on any atom is -0.465 e. The molecular formula is C29H27N7O5. The zero-order chi connectivity index (χ0) is 28.8. The van der Waals surface area contributed by atoms with Gasteiger partial charge in [0, 0.05) is 42.7 Å². The summed E-state index contributed by atoms with van der Waals surface area (Å²) in [6.07, 6.45) is 4.63. The van der Waals surface area contributed by atoms with Crippen molar-refractivity contribution in [3.05, 3.63) is 83.4 Å². The van der Waals surface area contributed by atoms with Gasteiger partial charge in [0.15, 0.2) is 0 Å². The van der Waals surface area contributed by atoms with Crippen molar-refractivity contribution in [3.8, 4) is 11.1 Å². The lowest BCUT2D eigenvalue weighted by Gasteiger charge is -2.21. The van der Waals surface area contributed by atoms with Gasteiger partial charge < -0.3 is 21.1 Å². The summed E-state index contributed by atoms with van der Waals surface area (Å²) in [5, 5.41) is 17.2. The van der Waals surface area contributed by atoms with Crippen LogP contribution in [0.25, 0.3) is 16.6 Å². The predicted octanol–water partition coefficient (Wildman–Crippen LogP) is 3.09. The molecule has 0 radical (unpaired) electrons. The van der Waals surface area contributed by atoms with E-state index in [0.717, 1.165) is 17.5 Å². The van der Waals surface area contributed by atoms with E-state index in [1.165, 1.54) is 16.0 Å². The van der Waals surface area contributed by atoms with Gasteiger partial charge in [-0.25, -0.2) is 9.31 Å². The molecule has 12 nitrogen and oxygen atoms in total. The fraction of sp³-hybridized carbons (Fsp3) is 0.241. The fourth-order valence-corrected chi connectivity index (χ4v) is 5.58. The molecule has 3 aromatic heterocycles. The van der Waals surface area contributed by atoms with Crippen LogP contribution in [0.2, 0.25) is 0 Å². The number of anilines is 1. The number of fused-ring (bicyclic) bond motifs is 2. The molecule has 41 heavy (non-hydrogen) atoms. The third-order valence-corrected chi connectivity index (χ3v) is 7.82. The molecule has 6 rings (SSSR count). The summed E-state index contributed by atoms with van der Waals surface area (Å²) in [7, 11) is 0. The van der Waals surface area contributed by atoms with Crippen molar-refractivity contribution in [1.82, 2.24) is 24.4 Å². The number of imide groups is 1. The number of carbonyl (C=O) groups is 4. The van der Waals surface area contributed by atoms with Crippen molar-refractivity contribution in [2.75, 3.05) is 18.4 Å². The second-order valence-electron chi connectivity index (χ2n) is 10.2. The molecule has 0 bridgehead atoms. The van der Waals surface area contributed by atoms with E-state index in [4.69, 9.17) is 5.73 Å². The molecule has 4 N–H and O–H groups in total. The largest absolute Gasteiger partial charge is 0.465 e. The molecule has 0 saturated carbocycles. The van der Waals surface area contributed by atoms with Gasteiger partial charge in [0.1, 0.15) is 0 Å². The van der Waals surface area contributed by atoms with Crippen molar-refractivity contribution in [3.63, 3.8) is 0 Å². The number of nitrogens with one attached hydrogen (secondary N) is 1. The third-order valence-electron chi connectivity index (χ3n) is 7.82. The quantitative estimate of drug-likeness (QED) is 0.294. The van der Waals surface area contributed by atoms with Gasteiger partial charge in [0.2, 0.25) is 0 Å². The topological polar surface area (TPSA) is 163 Å². The Hall–Kier alpha value is -5.26. The number of nitrogens with two attached hydrogens (primary N) is 1. The van der Waals surface area contributed by atoms with Crippen LogP contribution in [0.5, 0.6) is 0 Å². The first-order valence-corrected chi connectivity index (χ1v) is 13.2. The van der Waals surface area contributed by atoms with Gasteiger partial charge in [-0.15, -0.1) is 0 Å². The Morgan fingerprint density at radius 2 is 1.78 bits per heavy atom. The minimum absolute atomic E-state index is 0.0509. The van der Waals surface area contributed by atoms with Gasteiger partial charge in [0.05, 0.1) is 46.3 Å². The van der Waals surface area contributed by atoms with Gasteiger partial charge in [-0.05, 0) is 36.6 Å². The zero-order valence-corrected chi connectivity index (χ0v) is 22.2. The van der Waals surface area contributed by atoms with Crippen molar-refractivity contribution >= 4 is 35.0 Å². The van der Waals surface area contributed by atoms with Gasteiger partial charge in [-0.1, -0.05) is 25.1 Å². The average Bonchev–Trinajstić information content (AvgIpc) is 3.65. The number of likely N-dealkylation sites (tertiary alicyclic amines) is 1. The summed E-state index contributed by atoms with van der Waals surface area (Å²) >= 11 is 0. The van der Waals surface area contributed by atoms with Crippen LogP contribution < -0.4 is 11.1 Å². The summed E-state index contributed by atoms with van der Waals surface area (Å²) in [6.45, 7) is 2.74. The van der Waals surface area contributed by atoms with E-state index in [1.54, 1.807) is 47.2 Å². The highest BCUT2D eigenvalue weighted by Crippen LogP contribution is 2.32. The summed E-state index contributed by atoms with van der Waals surface area (Å²) < 4.78 is 1.63. The number of pyridine rings is 1. The number of primary amides is 1. The van der Waals surface area contributed by atoms with Crippen LogP contribution in [0.3, 0.4) is 0 Å². The predicted molar refractivity (Wildman–Crippen MR) is 148 cm³/mol. The Kier molecular flexibility index (Phi) is 6.37. The van der Waals surface area contributed by atoms with Crippen molar-refractivity contribution in [2.45, 2.75) is 25.9 Å². The number of carboxylic acid groups (broad SMARTS) is 1. The molecule has 2 aliphatic heterocycles. The number of rotatable bonds is 7. The summed E-state index contributed by atoms with van der Waals surface area (Å²) in [6, 6.07) is 12.0. The molecular weight excluding hydrogens is 526 g/mol. The van der Waals surface area contributed by atoms with Crippen LogP contribution in [0.1, 0.15) is 50.1 Å². The van der Waals surface area contributed by atoms with Crippen LogP contribution in [-0.4, -0.2) is 72.5 Å². The summed E-state index contributed by atoms with van der Waals surface area (Å²) in [5.74, 6) is -1.27. The van der Waals surface area contributed by atoms with Crippen LogP contribution in [0.4, 0.5) is 10.5 Å². The van der Waals surface area contributed by atoms with Crippen LogP contribution in [-0.2, 0) is 6.54 Å². The van der Waals surface area contributed by atoms with Crippen molar-refractivity contribution in [2.24, 2.45) is 11.7 Å². The molecule has 1 fully saturated rings. The van der Waals surface area contributed by atoms with E-state index in [2.05, 4.69) is 15.4 Å². The average molecular weight is 554 g/mol. The zero-order valence-electron chi connectivity index (χ0n) is 22.2. The fourth-order valence-electron chi connectivity index (χ4n) is 5.58. The molecule has 4 aromatic rings. The highest BCUT2D eigenvalue weighted by Gasteiger charge is 2.36. The number of aromatic nitrogens is 3. The standard InChI is InChI=1S/C29H27N7O5/c1-2-16-12-34(29(40)41)15-23(16)33-25-22(26(30)37)11-32-36-13-18(9-24(25)36)17-7-8-19(31-10-17)14-35-27(38)20-5-3-4-6-21(20)28(35)39/h3-11,13,16,23,33H,2,12,14-15H2,1H3,(H2,30,37)(H,40,41). The monoisotopic (exact) mass is 553 g/mol. The number of benzene rings is 1. The lowest BCUT2D eigenvalue weighted by Crippen LogP contribution is -2.32. The van der Waals surface area contributed by atoms with Gasteiger partial charge in [-0.2, -0.15) is 5.10 Å². The highest BCUT2D eigenvalue weighted by atomic mass is 16.4. The van der Waals surface area contributed by atoms with Crippen LogP contribution in [0.15, 0.2) is 61.1 Å². The van der Waals surface area contributed by atoms with Crippen LogP contribution in [0, 0.1) is 5.92 Å². The van der Waals surface area contributed by atoms with Gasteiger partial charge >= 0.3 is 6.09 Å². The molecule has 0 spiro atoms. The molecule has 1 aromatic carbocycles. The molecule has 0 aliphatic carbocycles. The lowest BCUT2D eigenvalue weighted by molar-refractivity contribution is 0.0640. The maximum absolute atomic E-state index is 12.7. The van der Waals surface area contributed by atoms with Crippen molar-refractivity contribution < 1.29 is 24.3 Å². The second kappa shape index (κ2) is 10.0. The molecule has 4 amide bonds. The lowest BCUT2D eigenvalue weighted by atomic mass is 10.00. The summed E-state index contributed by atoms with van der Waals surface area (Å²) in [5.41, 5.74) is 9.85. The Bertz CT molecular complexity index is 1680. The minimum atomic E-state index is -0.980. The summed E-state index contributed by atoms with van der Waals surface area (Å²) in [4.78, 5) is 56.4. The van der Waals surface area contributed by atoms with E-state index in [0.29, 0.717) is 34.6 Å². The first-order valence-electron chi connectivity index (χ1n) is 13.2. The van der Waals surface area contributed by atoms with E-state index < -0.39 is 12.0 Å². The van der Waals surface area contributed by atoms with E-state index in [-0.39, 0.29) is 42.4 Å². The Morgan fingerprint density at radius 1 is 1.05 bits per heavy atom. The Morgan fingerprint density at radius 3 is 2.39 bits per heavy atom. The maximum atomic E-state index is 12.7. The second-order valence-corrected chi connectivity index (χ2v) is 10.2. The SMILES string of the molecule is CCC1CN(C(=O)O)CC1Nc1c(C(N)=O)cnn2cc(-c3ccc(CN4C(=O)c5ccccc5C4=O)nc3)cc12. The van der Waals surface area contributed by atoms with E-state index >= 15 is 0 Å². The van der Waals surface area contributed by atoms with E-state index in [1.807, 2.05) is 19.1 Å². The van der Waals surface area contributed by atoms with Crippen LogP contribution >= 0.6 is 0 Å². The van der Waals surface area contributed by atoms with Gasteiger partial charge in [0.25, 0.3) is 17.7 Å². The maximum Gasteiger partial charge on any atom is 0.407 e. The number of nitrogens with zero attached hydrogens (tertiary/aromatic N) is 5. The molecule has 2 unspecified atom stereocenters. The Labute approximate surface area is 234 Å². The normalized spacial score (nSPS) is 18.3. The highest BCUT2D eigenvalue weighted by molar-refractivity contribution is 6.21. The third kappa shape index (κ3) is 4.52. The Balaban J connectivity index is 1.27. The van der Waals surface area contributed by atoms with Crippen molar-refractivity contribution in [1.29, 1.82) is 0 Å². The van der Waals surface area contributed by atoms with E-state index in [9.17, 15) is 24.3 Å². The number of hydrogen-bond acceptors (Lipinski definition) is 7. The smallest absolute Gasteiger partial charge is 0.407 e. The molecule has 2 atom stereocenters. The number of amides is 4. The molecule has 2 aliphatic rings. The number of hydrogen-bond donors (Lipinski definition) is 3. The first-order chi connectivity index (χ1) is 19.7. The molecule has 1 saturated heterocycles. The first kappa shape index (κ1) is 26.0. The number of carbonyl (C=O) groups excluding carboxylic acids is 3. The van der Waals surface area contributed by atoms with Gasteiger partial charge in [-0.3, -0.25) is 24.3 Å². The molecule has 208 valence electrons. The molecule has 12 heteroatoms.